The van der Waals surface area contributed by atoms with Crippen LogP contribution in [-0.4, -0.2) is 0 Å². The van der Waals surface area contributed by atoms with Crippen LogP contribution in [0.15, 0.2) is 200 Å². The molecule has 1 aliphatic heterocycles. The van der Waals surface area contributed by atoms with Crippen molar-refractivity contribution in [2.45, 2.75) is 77.8 Å². The van der Waals surface area contributed by atoms with E-state index in [4.69, 9.17) is 0 Å². The Kier molecular flexibility index (Phi) is 11.4. The fraction of sp³-hybridized carbons (Fsp3) is 0.194. The van der Waals surface area contributed by atoms with Gasteiger partial charge in [0, 0.05) is 30.2 Å². The molecule has 0 bridgehead atoms. The van der Waals surface area contributed by atoms with Crippen LogP contribution in [0.1, 0.15) is 69.1 Å². The Morgan fingerprint density at radius 3 is 1.80 bits per heavy atom. The van der Waals surface area contributed by atoms with Gasteiger partial charge in [0.25, 0.3) is 0 Å². The Morgan fingerprint density at radius 1 is 0.484 bits per heavy atom. The Balaban J connectivity index is 1.07. The van der Waals surface area contributed by atoms with Gasteiger partial charge in [0.1, 0.15) is 0 Å². The molecule has 2 aromatic heterocycles. The third-order valence-electron chi connectivity index (χ3n) is 14.2. The van der Waals surface area contributed by atoms with Crippen molar-refractivity contribution in [3.05, 3.63) is 217 Å². The van der Waals surface area contributed by atoms with Gasteiger partial charge in [0.2, 0.25) is 23.5 Å². The topological polar surface area (TPSA) is 7.76 Å². The SMILES string of the molecule is CCCCc1cccc2c3[n+](ccc12)C(CC)(C[n+]1ccccc1-c1cc(-c2cccc(-c4cc(-c5ccccc5)cc(-c5ccccc5)c4)c2)ccc1C)C(CC)c1ccccc1-3. The number of aryl methyl sites for hydroxylation is 2. The Morgan fingerprint density at radius 2 is 1.09 bits per heavy atom. The Labute approximate surface area is 380 Å². The summed E-state index contributed by atoms with van der Waals surface area (Å²) in [6.07, 6.45) is 10.3. The van der Waals surface area contributed by atoms with E-state index < -0.39 is 0 Å². The summed E-state index contributed by atoms with van der Waals surface area (Å²) < 4.78 is 5.26. The van der Waals surface area contributed by atoms with Gasteiger partial charge in [-0.1, -0.05) is 149 Å². The fourth-order valence-electron chi connectivity index (χ4n) is 10.9. The van der Waals surface area contributed by atoms with Gasteiger partial charge in [0.05, 0.1) is 16.9 Å². The molecule has 314 valence electrons. The lowest BCUT2D eigenvalue weighted by Gasteiger charge is -2.38. The van der Waals surface area contributed by atoms with Crippen LogP contribution < -0.4 is 9.13 Å². The lowest BCUT2D eigenvalue weighted by molar-refractivity contribution is -0.827. The van der Waals surface area contributed by atoms with Crippen LogP contribution in [-0.2, 0) is 18.5 Å². The van der Waals surface area contributed by atoms with Crippen molar-refractivity contribution in [2.75, 3.05) is 0 Å². The highest BCUT2D eigenvalue weighted by Gasteiger charge is 2.55. The monoisotopic (exact) mass is 830 g/mol. The number of hydrogen-bond donors (Lipinski definition) is 0. The molecule has 2 heteroatoms. The number of pyridine rings is 2. The van der Waals surface area contributed by atoms with Gasteiger partial charge in [-0.3, -0.25) is 0 Å². The number of nitrogens with zero attached hydrogens (tertiary/aromatic N) is 2. The van der Waals surface area contributed by atoms with Crippen LogP contribution in [0.3, 0.4) is 0 Å². The van der Waals surface area contributed by atoms with Crippen molar-refractivity contribution in [2.24, 2.45) is 0 Å². The molecule has 0 aliphatic carbocycles. The van der Waals surface area contributed by atoms with E-state index >= 15 is 0 Å². The van der Waals surface area contributed by atoms with Gasteiger partial charge in [-0.2, -0.15) is 9.13 Å². The minimum absolute atomic E-state index is 0.195. The zero-order valence-electron chi connectivity index (χ0n) is 37.8. The van der Waals surface area contributed by atoms with Crippen LogP contribution >= 0.6 is 0 Å². The summed E-state index contributed by atoms with van der Waals surface area (Å²) in [6, 6.07) is 70.1. The van der Waals surface area contributed by atoms with Crippen molar-refractivity contribution >= 4 is 10.8 Å². The summed E-state index contributed by atoms with van der Waals surface area (Å²) in [5.74, 6) is 0.338. The van der Waals surface area contributed by atoms with Crippen LogP contribution in [0, 0.1) is 6.92 Å². The zero-order valence-corrected chi connectivity index (χ0v) is 37.8. The second-order valence-corrected chi connectivity index (χ2v) is 17.9. The van der Waals surface area contributed by atoms with E-state index in [0.717, 1.165) is 25.8 Å². The van der Waals surface area contributed by atoms with Crippen molar-refractivity contribution in [3.63, 3.8) is 0 Å². The molecule has 0 radical (unpaired) electrons. The molecule has 0 saturated carbocycles. The van der Waals surface area contributed by atoms with Crippen LogP contribution in [0.25, 0.3) is 77.8 Å². The van der Waals surface area contributed by atoms with Gasteiger partial charge in [-0.25, -0.2) is 0 Å². The number of aromatic nitrogens is 2. The summed E-state index contributed by atoms with van der Waals surface area (Å²) >= 11 is 0. The first-order chi connectivity index (χ1) is 31.5. The predicted octanol–water partition coefficient (Wildman–Crippen LogP) is 15.4. The molecule has 9 aromatic rings. The summed E-state index contributed by atoms with van der Waals surface area (Å²) in [4.78, 5) is 0. The maximum Gasteiger partial charge on any atom is 0.232 e. The molecular weight excluding hydrogens is 773 g/mol. The van der Waals surface area contributed by atoms with E-state index in [1.54, 1.807) is 0 Å². The maximum absolute atomic E-state index is 2.70. The quantitative estimate of drug-likeness (QED) is 0.108. The average Bonchev–Trinajstić information content (AvgIpc) is 3.36. The molecule has 2 nitrogen and oxygen atoms in total. The van der Waals surface area contributed by atoms with Gasteiger partial charge in [0.15, 0.2) is 12.4 Å². The fourth-order valence-corrected chi connectivity index (χ4v) is 10.9. The van der Waals surface area contributed by atoms with E-state index in [9.17, 15) is 0 Å². The molecule has 1 aliphatic rings. The second-order valence-electron chi connectivity index (χ2n) is 17.9. The molecule has 10 rings (SSSR count). The highest BCUT2D eigenvalue weighted by Crippen LogP contribution is 2.47. The summed E-state index contributed by atoms with van der Waals surface area (Å²) in [6.45, 7) is 10.2. The standard InChI is InChI=1S/C62H58N2/c1-5-8-21-47-26-20-31-56-54(47)35-37-64-61(56)57-30-16-15-29-55(57)59(6-2)62(64,7-3)43-63-36-18-17-32-60(63)58-42-50(34-33-44(58)4)48-27-19-28-49(38-48)53-40-51(45-22-11-9-12-23-45)39-52(41-53)46-24-13-10-14-25-46/h9-20,22-42,59H,5-8,21,43H2,1-4H3/q+2. The van der Waals surface area contributed by atoms with Crippen LogP contribution in [0.5, 0.6) is 0 Å². The molecule has 64 heavy (non-hydrogen) atoms. The molecule has 0 fully saturated rings. The molecule has 2 unspecified atom stereocenters. The largest absolute Gasteiger partial charge is 0.232 e. The average molecular weight is 831 g/mol. The smallest absolute Gasteiger partial charge is 0.191 e. The molecule has 3 heterocycles. The third-order valence-corrected chi connectivity index (χ3v) is 14.2. The van der Waals surface area contributed by atoms with Crippen molar-refractivity contribution in [3.8, 4) is 67.0 Å². The van der Waals surface area contributed by atoms with Crippen molar-refractivity contribution in [1.82, 2.24) is 0 Å². The lowest BCUT2D eigenvalue weighted by Crippen LogP contribution is -2.68. The molecule has 0 N–H and O–H groups in total. The normalized spacial score (nSPS) is 15.5. The molecule has 0 amide bonds. The van der Waals surface area contributed by atoms with E-state index in [-0.39, 0.29) is 5.54 Å². The predicted molar refractivity (Wildman–Crippen MR) is 268 cm³/mol. The van der Waals surface area contributed by atoms with Gasteiger partial charge in [-0.15, -0.1) is 0 Å². The summed E-state index contributed by atoms with van der Waals surface area (Å²) in [7, 11) is 0. The first-order valence-electron chi connectivity index (χ1n) is 23.5. The van der Waals surface area contributed by atoms with Gasteiger partial charge in [-0.05, 0) is 141 Å². The molecule has 0 spiro atoms. The van der Waals surface area contributed by atoms with Crippen molar-refractivity contribution < 1.29 is 9.13 Å². The Hall–Kier alpha value is -6.90. The van der Waals surface area contributed by atoms with Gasteiger partial charge < -0.3 is 0 Å². The summed E-state index contributed by atoms with van der Waals surface area (Å²) in [5.41, 5.74) is 19.0. The van der Waals surface area contributed by atoms with Crippen LogP contribution in [0.2, 0.25) is 0 Å². The van der Waals surface area contributed by atoms with E-state index in [1.165, 1.54) is 107 Å². The highest BCUT2D eigenvalue weighted by molar-refractivity contribution is 5.96. The number of fused-ring (bicyclic) bond motifs is 5. The maximum atomic E-state index is 2.70. The van der Waals surface area contributed by atoms with E-state index in [2.05, 4.69) is 237 Å². The van der Waals surface area contributed by atoms with Gasteiger partial charge >= 0.3 is 0 Å². The number of benzene rings is 7. The van der Waals surface area contributed by atoms with Crippen molar-refractivity contribution in [1.29, 1.82) is 0 Å². The first-order valence-corrected chi connectivity index (χ1v) is 23.5. The number of rotatable bonds is 12. The highest BCUT2D eigenvalue weighted by atomic mass is 15.1. The molecule has 7 aromatic carbocycles. The third kappa shape index (κ3) is 7.45. The first kappa shape index (κ1) is 41.1. The van der Waals surface area contributed by atoms with Crippen LogP contribution in [0.4, 0.5) is 0 Å². The lowest BCUT2D eigenvalue weighted by atomic mass is 9.70. The Bertz CT molecular complexity index is 3050. The minimum Gasteiger partial charge on any atom is -0.191 e. The summed E-state index contributed by atoms with van der Waals surface area (Å²) in [5, 5.41) is 2.75. The number of hydrogen-bond acceptors (Lipinski definition) is 0. The molecule has 0 saturated heterocycles. The van der Waals surface area contributed by atoms with E-state index in [0.29, 0.717) is 5.92 Å². The number of unbranched alkanes of at least 4 members (excludes halogenated alkanes) is 1. The second kappa shape index (κ2) is 17.7. The molecular formula is C62H58N2+2. The van der Waals surface area contributed by atoms with E-state index in [1.807, 2.05) is 0 Å². The zero-order chi connectivity index (χ0) is 43.6. The minimum atomic E-state index is -0.195. The molecule has 2 atom stereocenters.